The summed E-state index contributed by atoms with van der Waals surface area (Å²) in [6, 6.07) is 12.9. The van der Waals surface area contributed by atoms with Gasteiger partial charge in [0.2, 0.25) is 0 Å². The lowest BCUT2D eigenvalue weighted by Gasteiger charge is -2.16. The molecule has 0 saturated heterocycles. The Kier molecular flexibility index (Phi) is 4.37. The fraction of sp³-hybridized carbons (Fsp3) is 0.267. The van der Waals surface area contributed by atoms with Gasteiger partial charge in [-0.15, -0.1) is 0 Å². The Morgan fingerprint density at radius 1 is 1.22 bits per heavy atom. The molecular weight excluding hydrogens is 288 g/mol. The topological polar surface area (TPSA) is 24.9 Å². The Labute approximate surface area is 117 Å². The molecule has 0 amide bonds. The second-order valence-corrected chi connectivity index (χ2v) is 5.05. The minimum Gasteiger partial charge on any atom is -0.376 e. The normalized spacial score (nSPS) is 12.2. The molecule has 3 heteroatoms. The van der Waals surface area contributed by atoms with E-state index in [1.165, 1.54) is 11.1 Å². The van der Waals surface area contributed by atoms with Crippen molar-refractivity contribution in [2.45, 2.75) is 26.3 Å². The van der Waals surface area contributed by atoms with E-state index in [-0.39, 0.29) is 6.04 Å². The molecule has 1 aromatic heterocycles. The molecule has 0 saturated carbocycles. The van der Waals surface area contributed by atoms with E-state index in [2.05, 4.69) is 64.3 Å². The molecule has 0 spiro atoms. The molecule has 0 aliphatic heterocycles. The summed E-state index contributed by atoms with van der Waals surface area (Å²) in [7, 11) is 0. The van der Waals surface area contributed by atoms with Crippen LogP contribution in [0.1, 0.15) is 31.0 Å². The molecule has 0 bridgehead atoms. The summed E-state index contributed by atoms with van der Waals surface area (Å²) in [6.45, 7) is 4.32. The van der Waals surface area contributed by atoms with Crippen LogP contribution in [-0.2, 0) is 6.42 Å². The van der Waals surface area contributed by atoms with Gasteiger partial charge in [0.1, 0.15) is 4.60 Å². The maximum Gasteiger partial charge on any atom is 0.129 e. The van der Waals surface area contributed by atoms with Crippen molar-refractivity contribution in [2.24, 2.45) is 0 Å². The Hall–Kier alpha value is -1.35. The van der Waals surface area contributed by atoms with E-state index < -0.39 is 0 Å². The number of hydrogen-bond donors (Lipinski definition) is 1. The van der Waals surface area contributed by atoms with E-state index in [1.54, 1.807) is 6.20 Å². The highest BCUT2D eigenvalue weighted by molar-refractivity contribution is 9.10. The van der Waals surface area contributed by atoms with Gasteiger partial charge in [0.25, 0.3) is 0 Å². The fourth-order valence-electron chi connectivity index (χ4n) is 1.85. The van der Waals surface area contributed by atoms with E-state index in [4.69, 9.17) is 0 Å². The van der Waals surface area contributed by atoms with Crippen LogP contribution < -0.4 is 5.32 Å². The molecule has 0 fully saturated rings. The predicted octanol–water partition coefficient (Wildman–Crippen LogP) is 4.58. The SMILES string of the molecule is CCc1ccc(C(C)Nc2cccnc2Br)cc1. The number of anilines is 1. The van der Waals surface area contributed by atoms with E-state index in [0.29, 0.717) is 0 Å². The Balaban J connectivity index is 2.11. The number of nitrogens with one attached hydrogen (secondary N) is 1. The Bertz CT molecular complexity index is 508. The van der Waals surface area contributed by atoms with Gasteiger partial charge in [0.05, 0.1) is 5.69 Å². The van der Waals surface area contributed by atoms with Crippen molar-refractivity contribution >= 4 is 21.6 Å². The molecule has 0 aliphatic rings. The summed E-state index contributed by atoms with van der Waals surface area (Å²) in [6.07, 6.45) is 2.85. The first-order chi connectivity index (χ1) is 8.70. The number of nitrogens with zero attached hydrogens (tertiary/aromatic N) is 1. The van der Waals surface area contributed by atoms with Crippen LogP contribution in [0.2, 0.25) is 0 Å². The lowest BCUT2D eigenvalue weighted by Crippen LogP contribution is -2.07. The number of halogens is 1. The molecule has 94 valence electrons. The van der Waals surface area contributed by atoms with Crippen molar-refractivity contribution in [3.05, 3.63) is 58.3 Å². The standard InChI is InChI=1S/C15H17BrN2/c1-3-12-6-8-13(9-7-12)11(2)18-14-5-4-10-17-15(14)16/h4-11,18H,3H2,1-2H3. The minimum absolute atomic E-state index is 0.261. The van der Waals surface area contributed by atoms with Crippen molar-refractivity contribution < 1.29 is 0 Å². The van der Waals surface area contributed by atoms with Crippen molar-refractivity contribution in [3.8, 4) is 0 Å². The predicted molar refractivity (Wildman–Crippen MR) is 79.8 cm³/mol. The molecule has 0 aliphatic carbocycles. The van der Waals surface area contributed by atoms with E-state index >= 15 is 0 Å². The zero-order valence-electron chi connectivity index (χ0n) is 10.7. The van der Waals surface area contributed by atoms with Gasteiger partial charge in [-0.2, -0.15) is 0 Å². The average Bonchev–Trinajstić information content (AvgIpc) is 2.41. The number of aromatic nitrogens is 1. The molecule has 1 heterocycles. The second kappa shape index (κ2) is 6.01. The van der Waals surface area contributed by atoms with Crippen LogP contribution in [0.3, 0.4) is 0 Å². The van der Waals surface area contributed by atoms with E-state index in [1.807, 2.05) is 12.1 Å². The van der Waals surface area contributed by atoms with Crippen molar-refractivity contribution in [1.82, 2.24) is 4.98 Å². The molecular formula is C15H17BrN2. The average molecular weight is 305 g/mol. The van der Waals surface area contributed by atoms with Crippen LogP contribution >= 0.6 is 15.9 Å². The first-order valence-electron chi connectivity index (χ1n) is 6.16. The van der Waals surface area contributed by atoms with Gasteiger partial charge < -0.3 is 5.32 Å². The molecule has 2 rings (SSSR count). The largest absolute Gasteiger partial charge is 0.376 e. The van der Waals surface area contributed by atoms with Crippen LogP contribution in [-0.4, -0.2) is 4.98 Å². The maximum absolute atomic E-state index is 4.21. The highest BCUT2D eigenvalue weighted by Crippen LogP contribution is 2.24. The summed E-state index contributed by atoms with van der Waals surface area (Å²) in [4.78, 5) is 4.21. The van der Waals surface area contributed by atoms with Gasteiger partial charge in [-0.3, -0.25) is 0 Å². The molecule has 2 aromatic rings. The van der Waals surface area contributed by atoms with Gasteiger partial charge in [0.15, 0.2) is 0 Å². The lowest BCUT2D eigenvalue weighted by molar-refractivity contribution is 0.879. The van der Waals surface area contributed by atoms with Gasteiger partial charge in [-0.1, -0.05) is 31.2 Å². The summed E-state index contributed by atoms with van der Waals surface area (Å²) in [5.74, 6) is 0. The lowest BCUT2D eigenvalue weighted by atomic mass is 10.0. The molecule has 1 unspecified atom stereocenters. The third-order valence-electron chi connectivity index (χ3n) is 3.02. The minimum atomic E-state index is 0.261. The van der Waals surface area contributed by atoms with Crippen LogP contribution in [0.5, 0.6) is 0 Å². The number of rotatable bonds is 4. The van der Waals surface area contributed by atoms with Crippen LogP contribution in [0.15, 0.2) is 47.2 Å². The third kappa shape index (κ3) is 3.10. The van der Waals surface area contributed by atoms with Crippen molar-refractivity contribution in [3.63, 3.8) is 0 Å². The van der Waals surface area contributed by atoms with Gasteiger partial charge in [-0.25, -0.2) is 4.98 Å². The smallest absolute Gasteiger partial charge is 0.129 e. The molecule has 2 nitrogen and oxygen atoms in total. The van der Waals surface area contributed by atoms with Gasteiger partial charge >= 0.3 is 0 Å². The molecule has 1 N–H and O–H groups in total. The van der Waals surface area contributed by atoms with Crippen LogP contribution in [0.4, 0.5) is 5.69 Å². The zero-order valence-corrected chi connectivity index (χ0v) is 12.2. The monoisotopic (exact) mass is 304 g/mol. The molecule has 0 radical (unpaired) electrons. The number of benzene rings is 1. The third-order valence-corrected chi connectivity index (χ3v) is 3.65. The zero-order chi connectivity index (χ0) is 13.0. The summed E-state index contributed by atoms with van der Waals surface area (Å²) in [5.41, 5.74) is 3.67. The first kappa shape index (κ1) is 13.1. The molecule has 1 atom stereocenters. The van der Waals surface area contributed by atoms with Crippen LogP contribution in [0.25, 0.3) is 0 Å². The first-order valence-corrected chi connectivity index (χ1v) is 6.96. The van der Waals surface area contributed by atoms with E-state index in [9.17, 15) is 0 Å². The van der Waals surface area contributed by atoms with E-state index in [0.717, 1.165) is 16.7 Å². The fourth-order valence-corrected chi connectivity index (χ4v) is 2.22. The summed E-state index contributed by atoms with van der Waals surface area (Å²) >= 11 is 3.45. The molecule has 1 aromatic carbocycles. The summed E-state index contributed by atoms with van der Waals surface area (Å²) < 4.78 is 0.849. The number of pyridine rings is 1. The Morgan fingerprint density at radius 2 is 1.94 bits per heavy atom. The highest BCUT2D eigenvalue weighted by atomic mass is 79.9. The van der Waals surface area contributed by atoms with Crippen molar-refractivity contribution in [2.75, 3.05) is 5.32 Å². The summed E-state index contributed by atoms with van der Waals surface area (Å²) in [5, 5.41) is 3.45. The van der Waals surface area contributed by atoms with Crippen molar-refractivity contribution in [1.29, 1.82) is 0 Å². The quantitative estimate of drug-likeness (QED) is 0.836. The van der Waals surface area contributed by atoms with Gasteiger partial charge in [-0.05, 0) is 52.5 Å². The number of aryl methyl sites for hydroxylation is 1. The maximum atomic E-state index is 4.21. The Morgan fingerprint density at radius 3 is 2.56 bits per heavy atom. The van der Waals surface area contributed by atoms with Crippen LogP contribution in [0, 0.1) is 0 Å². The number of hydrogen-bond acceptors (Lipinski definition) is 2. The molecule has 18 heavy (non-hydrogen) atoms. The highest BCUT2D eigenvalue weighted by Gasteiger charge is 2.07. The van der Waals surface area contributed by atoms with Gasteiger partial charge in [0, 0.05) is 12.2 Å². The second-order valence-electron chi connectivity index (χ2n) is 4.30.